The van der Waals surface area contributed by atoms with Crippen LogP contribution in [-0.2, 0) is 0 Å². The van der Waals surface area contributed by atoms with Crippen molar-refractivity contribution in [3.63, 3.8) is 0 Å². The molecule has 0 heteroatoms. The largest absolute Gasteiger partial charge is 0.0984 e. The standard InChI is InChI=1S/C23H22/c1-5-11-20-17(4)23(19-13-8-7-12-16(19)3)22-15-10-9-14-21(22)18(20)6-2/h5-15H,2H2,1,3-4H3/b11-5-. The Kier molecular flexibility index (Phi) is 4.16. The first-order valence-corrected chi connectivity index (χ1v) is 8.05. The van der Waals surface area contributed by atoms with Gasteiger partial charge in [-0.1, -0.05) is 73.3 Å². The summed E-state index contributed by atoms with van der Waals surface area (Å²) in [5, 5.41) is 2.56. The number of hydrogen-bond donors (Lipinski definition) is 0. The predicted octanol–water partition coefficient (Wildman–Crippen LogP) is 6.80. The van der Waals surface area contributed by atoms with Crippen LogP contribution in [0.2, 0.25) is 0 Å². The van der Waals surface area contributed by atoms with E-state index in [9.17, 15) is 0 Å². The maximum absolute atomic E-state index is 4.05. The molecule has 114 valence electrons. The Bertz CT molecular complexity index is 911. The highest BCUT2D eigenvalue weighted by Gasteiger charge is 2.15. The molecule has 0 aliphatic carbocycles. The molecule has 0 atom stereocenters. The molecule has 0 nitrogen and oxygen atoms in total. The third kappa shape index (κ3) is 2.51. The van der Waals surface area contributed by atoms with Crippen molar-refractivity contribution >= 4 is 22.9 Å². The number of fused-ring (bicyclic) bond motifs is 1. The average molecular weight is 298 g/mol. The molecule has 0 aliphatic heterocycles. The molecule has 0 saturated carbocycles. The van der Waals surface area contributed by atoms with Gasteiger partial charge in [0.15, 0.2) is 0 Å². The van der Waals surface area contributed by atoms with Gasteiger partial charge in [0.2, 0.25) is 0 Å². The summed E-state index contributed by atoms with van der Waals surface area (Å²) in [6.45, 7) is 10.5. The molecular weight excluding hydrogens is 276 g/mol. The fourth-order valence-corrected chi connectivity index (χ4v) is 3.42. The number of rotatable bonds is 3. The molecule has 0 N–H and O–H groups in total. The van der Waals surface area contributed by atoms with E-state index in [1.807, 2.05) is 6.08 Å². The van der Waals surface area contributed by atoms with Gasteiger partial charge in [0.1, 0.15) is 0 Å². The van der Waals surface area contributed by atoms with Gasteiger partial charge in [-0.2, -0.15) is 0 Å². The van der Waals surface area contributed by atoms with Crippen molar-refractivity contribution < 1.29 is 0 Å². The van der Waals surface area contributed by atoms with Crippen molar-refractivity contribution in [2.45, 2.75) is 20.8 Å². The lowest BCUT2D eigenvalue weighted by Gasteiger charge is -2.19. The summed E-state index contributed by atoms with van der Waals surface area (Å²) in [4.78, 5) is 0. The number of aryl methyl sites for hydroxylation is 1. The zero-order valence-electron chi connectivity index (χ0n) is 14.1. The van der Waals surface area contributed by atoms with Gasteiger partial charge in [-0.25, -0.2) is 0 Å². The van der Waals surface area contributed by atoms with Gasteiger partial charge >= 0.3 is 0 Å². The monoisotopic (exact) mass is 298 g/mol. The lowest BCUT2D eigenvalue weighted by Crippen LogP contribution is -1.96. The Morgan fingerprint density at radius 2 is 1.48 bits per heavy atom. The van der Waals surface area contributed by atoms with Crippen LogP contribution in [0.15, 0.2) is 61.2 Å². The average Bonchev–Trinajstić information content (AvgIpc) is 2.57. The molecule has 0 heterocycles. The summed E-state index contributed by atoms with van der Waals surface area (Å²) < 4.78 is 0. The van der Waals surface area contributed by atoms with Crippen molar-refractivity contribution in [1.82, 2.24) is 0 Å². The summed E-state index contributed by atoms with van der Waals surface area (Å²) in [5.41, 5.74) is 7.73. The molecule has 0 unspecified atom stereocenters. The second-order valence-electron chi connectivity index (χ2n) is 5.89. The Labute approximate surface area is 138 Å². The van der Waals surface area contributed by atoms with E-state index < -0.39 is 0 Å². The van der Waals surface area contributed by atoms with Crippen molar-refractivity contribution in [2.24, 2.45) is 0 Å². The third-order valence-electron chi connectivity index (χ3n) is 4.51. The van der Waals surface area contributed by atoms with Crippen LogP contribution in [0.4, 0.5) is 0 Å². The fourth-order valence-electron chi connectivity index (χ4n) is 3.42. The lowest BCUT2D eigenvalue weighted by molar-refractivity contribution is 1.41. The number of allylic oxidation sites excluding steroid dienone is 1. The highest BCUT2D eigenvalue weighted by atomic mass is 14.2. The maximum atomic E-state index is 4.05. The fraction of sp³-hybridized carbons (Fsp3) is 0.130. The van der Waals surface area contributed by atoms with Crippen molar-refractivity contribution in [3.8, 4) is 11.1 Å². The summed E-state index contributed by atoms with van der Waals surface area (Å²) >= 11 is 0. The molecule has 23 heavy (non-hydrogen) atoms. The minimum absolute atomic E-state index is 1.22. The van der Waals surface area contributed by atoms with Gasteiger partial charge in [-0.3, -0.25) is 0 Å². The molecule has 0 fully saturated rings. The van der Waals surface area contributed by atoms with Crippen LogP contribution in [-0.4, -0.2) is 0 Å². The first-order valence-electron chi connectivity index (χ1n) is 8.05. The Morgan fingerprint density at radius 3 is 2.13 bits per heavy atom. The van der Waals surface area contributed by atoms with E-state index in [2.05, 4.69) is 88.0 Å². The Hall–Kier alpha value is -2.60. The van der Waals surface area contributed by atoms with Crippen LogP contribution in [0, 0.1) is 13.8 Å². The second-order valence-corrected chi connectivity index (χ2v) is 5.89. The van der Waals surface area contributed by atoms with E-state index in [1.54, 1.807) is 0 Å². The van der Waals surface area contributed by atoms with Gasteiger partial charge in [0, 0.05) is 0 Å². The molecule has 3 aromatic carbocycles. The van der Waals surface area contributed by atoms with E-state index in [0.717, 1.165) is 0 Å². The van der Waals surface area contributed by atoms with Crippen LogP contribution in [0.25, 0.3) is 34.1 Å². The molecule has 0 amide bonds. The SMILES string of the molecule is C=Cc1c(/C=C\C)c(C)c(-c2ccccc2C)c2ccccc12. The number of benzene rings is 3. The normalized spacial score (nSPS) is 11.3. The predicted molar refractivity (Wildman–Crippen MR) is 104 cm³/mol. The Balaban J connectivity index is 2.54. The second kappa shape index (κ2) is 6.26. The summed E-state index contributed by atoms with van der Waals surface area (Å²) in [6, 6.07) is 17.3. The van der Waals surface area contributed by atoms with Gasteiger partial charge in [0.05, 0.1) is 0 Å². The van der Waals surface area contributed by atoms with Crippen LogP contribution in [0.5, 0.6) is 0 Å². The zero-order chi connectivity index (χ0) is 16.4. The Morgan fingerprint density at radius 1 is 0.826 bits per heavy atom. The van der Waals surface area contributed by atoms with Gasteiger partial charge in [-0.15, -0.1) is 0 Å². The van der Waals surface area contributed by atoms with Crippen LogP contribution >= 0.6 is 0 Å². The van der Waals surface area contributed by atoms with Gasteiger partial charge < -0.3 is 0 Å². The van der Waals surface area contributed by atoms with Crippen molar-refractivity contribution in [1.29, 1.82) is 0 Å². The summed E-state index contributed by atoms with van der Waals surface area (Å²) in [6.07, 6.45) is 6.28. The van der Waals surface area contributed by atoms with Crippen molar-refractivity contribution in [3.05, 3.63) is 83.4 Å². The minimum atomic E-state index is 1.22. The summed E-state index contributed by atoms with van der Waals surface area (Å²) in [5.74, 6) is 0. The molecule has 0 spiro atoms. The molecule has 0 radical (unpaired) electrons. The van der Waals surface area contributed by atoms with Crippen LogP contribution in [0.3, 0.4) is 0 Å². The molecule has 0 aromatic heterocycles. The van der Waals surface area contributed by atoms with Gasteiger partial charge in [-0.05, 0) is 64.9 Å². The van der Waals surface area contributed by atoms with Crippen LogP contribution < -0.4 is 0 Å². The lowest BCUT2D eigenvalue weighted by atomic mass is 9.85. The zero-order valence-corrected chi connectivity index (χ0v) is 14.1. The maximum Gasteiger partial charge on any atom is -0.00671 e. The molecule has 0 aliphatic rings. The van der Waals surface area contributed by atoms with E-state index >= 15 is 0 Å². The first kappa shape index (κ1) is 15.3. The topological polar surface area (TPSA) is 0 Å². The smallest absolute Gasteiger partial charge is 0.00671 e. The third-order valence-corrected chi connectivity index (χ3v) is 4.51. The van der Waals surface area contributed by atoms with Crippen LogP contribution in [0.1, 0.15) is 29.2 Å². The number of hydrogen-bond acceptors (Lipinski definition) is 0. The van der Waals surface area contributed by atoms with E-state index in [0.29, 0.717) is 0 Å². The molecule has 0 saturated heterocycles. The van der Waals surface area contributed by atoms with E-state index in [-0.39, 0.29) is 0 Å². The molecule has 3 rings (SSSR count). The first-order chi connectivity index (χ1) is 11.2. The van der Waals surface area contributed by atoms with E-state index in [1.165, 1.54) is 44.2 Å². The molecule has 0 bridgehead atoms. The molecule has 3 aromatic rings. The molecular formula is C23H22. The quantitative estimate of drug-likeness (QED) is 0.499. The van der Waals surface area contributed by atoms with Crippen molar-refractivity contribution in [2.75, 3.05) is 0 Å². The minimum Gasteiger partial charge on any atom is -0.0984 e. The summed E-state index contributed by atoms with van der Waals surface area (Å²) in [7, 11) is 0. The highest BCUT2D eigenvalue weighted by Crippen LogP contribution is 2.39. The highest BCUT2D eigenvalue weighted by molar-refractivity contribution is 6.05. The van der Waals surface area contributed by atoms with E-state index in [4.69, 9.17) is 0 Å². The van der Waals surface area contributed by atoms with Gasteiger partial charge in [0.25, 0.3) is 0 Å².